The summed E-state index contributed by atoms with van der Waals surface area (Å²) < 4.78 is 5.80. The Bertz CT molecular complexity index is 572. The van der Waals surface area contributed by atoms with E-state index in [1.165, 1.54) is 6.07 Å². The summed E-state index contributed by atoms with van der Waals surface area (Å²) in [6.07, 6.45) is -0.485. The number of alkyl carbamates (subject to hydrolysis) is 1. The molecule has 1 aromatic rings. The van der Waals surface area contributed by atoms with Crippen LogP contribution in [-0.4, -0.2) is 29.2 Å². The minimum Gasteiger partial charge on any atom is -0.444 e. The van der Waals surface area contributed by atoms with Crippen LogP contribution in [0.4, 0.5) is 10.5 Å². The number of carbonyl (C=O) groups excluding carboxylic acids is 1. The molecule has 2 N–H and O–H groups in total. The van der Waals surface area contributed by atoms with Crippen LogP contribution in [0.1, 0.15) is 33.3 Å². The van der Waals surface area contributed by atoms with Crippen LogP contribution in [0.15, 0.2) is 22.7 Å². The normalized spacial score (nSPS) is 12.6. The summed E-state index contributed by atoms with van der Waals surface area (Å²) in [6, 6.07) is 4.86. The van der Waals surface area contributed by atoms with E-state index < -0.39 is 16.6 Å². The van der Waals surface area contributed by atoms with Crippen LogP contribution in [-0.2, 0) is 11.3 Å². The van der Waals surface area contributed by atoms with Gasteiger partial charge in [-0.15, -0.1) is 0 Å². The van der Waals surface area contributed by atoms with Crippen molar-refractivity contribution < 1.29 is 14.5 Å². The lowest BCUT2D eigenvalue weighted by Crippen LogP contribution is -2.41. The molecule has 0 saturated carbocycles. The smallest absolute Gasteiger partial charge is 0.407 e. The van der Waals surface area contributed by atoms with E-state index >= 15 is 0 Å². The fourth-order valence-electron chi connectivity index (χ4n) is 1.76. The zero-order chi connectivity index (χ0) is 17.6. The summed E-state index contributed by atoms with van der Waals surface area (Å²) in [7, 11) is 0. The van der Waals surface area contributed by atoms with Crippen molar-refractivity contribution in [2.24, 2.45) is 0 Å². The highest BCUT2D eigenvalue weighted by Crippen LogP contribution is 2.23. The Balaban J connectivity index is 2.49. The third-order valence-electron chi connectivity index (χ3n) is 2.84. The van der Waals surface area contributed by atoms with Gasteiger partial charge < -0.3 is 15.4 Å². The van der Waals surface area contributed by atoms with Gasteiger partial charge in [0.15, 0.2) is 0 Å². The lowest BCUT2D eigenvalue weighted by molar-refractivity contribution is -0.385. The predicted octanol–water partition coefficient (Wildman–Crippen LogP) is 3.36. The van der Waals surface area contributed by atoms with Gasteiger partial charge in [0.2, 0.25) is 0 Å². The van der Waals surface area contributed by atoms with E-state index in [9.17, 15) is 14.9 Å². The average molecular weight is 388 g/mol. The van der Waals surface area contributed by atoms with Crippen LogP contribution >= 0.6 is 15.9 Å². The molecule has 0 aliphatic rings. The maximum atomic E-state index is 11.6. The molecule has 0 spiro atoms. The largest absolute Gasteiger partial charge is 0.444 e. The van der Waals surface area contributed by atoms with Gasteiger partial charge in [0.25, 0.3) is 5.69 Å². The van der Waals surface area contributed by atoms with Crippen molar-refractivity contribution >= 4 is 27.7 Å². The van der Waals surface area contributed by atoms with Crippen LogP contribution in [0.3, 0.4) is 0 Å². The molecule has 0 aliphatic carbocycles. The number of hydrogen-bond acceptors (Lipinski definition) is 5. The Hall–Kier alpha value is -1.67. The van der Waals surface area contributed by atoms with Crippen molar-refractivity contribution in [2.45, 2.75) is 45.9 Å². The summed E-state index contributed by atoms with van der Waals surface area (Å²) in [5.74, 6) is 0. The molecule has 7 nitrogen and oxygen atoms in total. The highest BCUT2D eigenvalue weighted by atomic mass is 79.9. The number of nitrogens with one attached hydrogen (secondary N) is 2. The van der Waals surface area contributed by atoms with E-state index in [1.807, 2.05) is 6.92 Å². The highest BCUT2D eigenvalue weighted by Gasteiger charge is 2.17. The van der Waals surface area contributed by atoms with Crippen LogP contribution in [0.2, 0.25) is 0 Å². The first-order valence-corrected chi connectivity index (χ1v) is 8.01. The predicted molar refractivity (Wildman–Crippen MR) is 91.3 cm³/mol. The first kappa shape index (κ1) is 19.4. The molecule has 0 aromatic heterocycles. The second kappa shape index (κ2) is 8.26. The maximum absolute atomic E-state index is 11.6. The van der Waals surface area contributed by atoms with E-state index in [-0.39, 0.29) is 11.7 Å². The Morgan fingerprint density at radius 2 is 2.09 bits per heavy atom. The minimum absolute atomic E-state index is 0.0548. The lowest BCUT2D eigenvalue weighted by atomic mass is 10.1. The van der Waals surface area contributed by atoms with Crippen molar-refractivity contribution in [3.63, 3.8) is 0 Å². The summed E-state index contributed by atoms with van der Waals surface area (Å²) in [5.41, 5.74) is 0.0974. The van der Waals surface area contributed by atoms with Gasteiger partial charge >= 0.3 is 6.09 Å². The summed E-state index contributed by atoms with van der Waals surface area (Å²) >= 11 is 3.22. The number of nitrogens with zero attached hydrogens (tertiary/aromatic N) is 1. The zero-order valence-corrected chi connectivity index (χ0v) is 15.3. The molecular weight excluding hydrogens is 366 g/mol. The van der Waals surface area contributed by atoms with Crippen LogP contribution in [0.5, 0.6) is 0 Å². The third-order valence-corrected chi connectivity index (χ3v) is 3.33. The van der Waals surface area contributed by atoms with E-state index in [0.717, 1.165) is 0 Å². The Labute approximate surface area is 144 Å². The van der Waals surface area contributed by atoms with Crippen molar-refractivity contribution in [2.75, 3.05) is 6.54 Å². The highest BCUT2D eigenvalue weighted by molar-refractivity contribution is 9.10. The van der Waals surface area contributed by atoms with Crippen molar-refractivity contribution in [1.29, 1.82) is 0 Å². The molecule has 1 rings (SSSR count). The molecule has 1 unspecified atom stereocenters. The number of nitro groups is 1. The van der Waals surface area contributed by atoms with Crippen molar-refractivity contribution in [3.8, 4) is 0 Å². The van der Waals surface area contributed by atoms with E-state index in [2.05, 4.69) is 26.6 Å². The first-order valence-electron chi connectivity index (χ1n) is 7.21. The number of hydrogen-bond donors (Lipinski definition) is 2. The second-order valence-electron chi connectivity index (χ2n) is 6.19. The van der Waals surface area contributed by atoms with Crippen LogP contribution < -0.4 is 10.6 Å². The first-order chi connectivity index (χ1) is 10.6. The standard InChI is InChI=1S/C15H22BrN3O4/c1-10(8-18-14(20)23-15(2,3)4)17-9-11-5-6-12(16)7-13(11)19(21)22/h5-7,10,17H,8-9H2,1-4H3,(H,18,20). The molecule has 0 bridgehead atoms. The zero-order valence-electron chi connectivity index (χ0n) is 13.7. The number of amides is 1. The number of ether oxygens (including phenoxy) is 1. The van der Waals surface area contributed by atoms with Gasteiger partial charge in [0.05, 0.1) is 4.92 Å². The molecule has 0 aliphatic heterocycles. The third kappa shape index (κ3) is 7.43. The van der Waals surface area contributed by atoms with Crippen molar-refractivity contribution in [3.05, 3.63) is 38.3 Å². The minimum atomic E-state index is -0.543. The van der Waals surface area contributed by atoms with Gasteiger partial charge in [-0.2, -0.15) is 0 Å². The molecule has 0 fully saturated rings. The van der Waals surface area contributed by atoms with Gasteiger partial charge in [0.1, 0.15) is 5.60 Å². The molecule has 8 heteroatoms. The molecule has 1 atom stereocenters. The fraction of sp³-hybridized carbons (Fsp3) is 0.533. The number of nitro benzene ring substituents is 1. The number of rotatable bonds is 6. The summed E-state index contributed by atoms with van der Waals surface area (Å²) in [4.78, 5) is 22.2. The lowest BCUT2D eigenvalue weighted by Gasteiger charge is -2.21. The maximum Gasteiger partial charge on any atom is 0.407 e. The van der Waals surface area contributed by atoms with Crippen LogP contribution in [0, 0.1) is 10.1 Å². The molecule has 0 saturated heterocycles. The number of halogens is 1. The Morgan fingerprint density at radius 1 is 1.43 bits per heavy atom. The average Bonchev–Trinajstić information content (AvgIpc) is 2.41. The van der Waals surface area contributed by atoms with Gasteiger partial charge in [-0.1, -0.05) is 15.9 Å². The Kier molecular flexibility index (Phi) is 6.96. The van der Waals surface area contributed by atoms with E-state index in [0.29, 0.717) is 23.1 Å². The number of benzene rings is 1. The molecule has 0 heterocycles. The monoisotopic (exact) mass is 387 g/mol. The molecule has 0 radical (unpaired) electrons. The van der Waals surface area contributed by atoms with Gasteiger partial charge in [0, 0.05) is 35.2 Å². The van der Waals surface area contributed by atoms with E-state index in [4.69, 9.17) is 4.74 Å². The fourth-order valence-corrected chi connectivity index (χ4v) is 2.11. The van der Waals surface area contributed by atoms with Crippen molar-refractivity contribution in [1.82, 2.24) is 10.6 Å². The summed E-state index contributed by atoms with van der Waals surface area (Å²) in [6.45, 7) is 7.95. The molecule has 1 amide bonds. The summed E-state index contributed by atoms with van der Waals surface area (Å²) in [5, 5.41) is 16.8. The van der Waals surface area contributed by atoms with Gasteiger partial charge in [-0.05, 0) is 39.8 Å². The molecular formula is C15H22BrN3O4. The molecule has 128 valence electrons. The quantitative estimate of drug-likeness (QED) is 0.576. The second-order valence-corrected chi connectivity index (χ2v) is 7.11. The van der Waals surface area contributed by atoms with Crippen LogP contribution in [0.25, 0.3) is 0 Å². The molecule has 1 aromatic carbocycles. The van der Waals surface area contributed by atoms with Gasteiger partial charge in [-0.25, -0.2) is 4.79 Å². The Morgan fingerprint density at radius 3 is 2.65 bits per heavy atom. The number of carbonyl (C=O) groups is 1. The van der Waals surface area contributed by atoms with E-state index in [1.54, 1.807) is 32.9 Å². The van der Waals surface area contributed by atoms with Gasteiger partial charge in [-0.3, -0.25) is 10.1 Å². The topological polar surface area (TPSA) is 93.5 Å². The SMILES string of the molecule is CC(CNC(=O)OC(C)(C)C)NCc1ccc(Br)cc1[N+](=O)[O-]. The molecule has 23 heavy (non-hydrogen) atoms.